The molecule has 0 spiro atoms. The molecule has 0 saturated heterocycles. The number of aromatic nitrogens is 2. The number of nitrogens with zero attached hydrogens (tertiary/aromatic N) is 3. The maximum absolute atomic E-state index is 11.1. The van der Waals surface area contributed by atoms with E-state index < -0.39 is 4.92 Å². The van der Waals surface area contributed by atoms with Gasteiger partial charge in [0.1, 0.15) is 5.56 Å². The lowest BCUT2D eigenvalue weighted by Gasteiger charge is -2.12. The zero-order valence-electron chi connectivity index (χ0n) is 13.2. The molecule has 0 N–H and O–H groups in total. The van der Waals surface area contributed by atoms with E-state index in [2.05, 4.69) is 16.8 Å². The fourth-order valence-corrected chi connectivity index (χ4v) is 3.36. The van der Waals surface area contributed by atoms with Crippen LogP contribution in [0.15, 0.2) is 76.9 Å². The molecule has 0 saturated carbocycles. The van der Waals surface area contributed by atoms with E-state index in [9.17, 15) is 10.1 Å². The number of nitro groups is 1. The molecule has 0 aliphatic heterocycles. The van der Waals surface area contributed by atoms with Crippen molar-refractivity contribution in [2.75, 3.05) is 0 Å². The van der Waals surface area contributed by atoms with E-state index in [1.807, 2.05) is 36.4 Å². The minimum atomic E-state index is -0.461. The Morgan fingerprint density at radius 1 is 1.16 bits per heavy atom. The van der Waals surface area contributed by atoms with E-state index in [1.165, 1.54) is 17.8 Å². The first-order valence-electron chi connectivity index (χ1n) is 7.59. The number of hydrogen-bond acceptors (Lipinski definition) is 6. The summed E-state index contributed by atoms with van der Waals surface area (Å²) < 4.78 is 5.66. The van der Waals surface area contributed by atoms with Gasteiger partial charge in [-0.25, -0.2) is 0 Å². The maximum Gasteiger partial charge on any atom is 0.282 e. The Morgan fingerprint density at radius 2 is 1.88 bits per heavy atom. The first-order valence-corrected chi connectivity index (χ1v) is 8.47. The van der Waals surface area contributed by atoms with Crippen LogP contribution in [-0.4, -0.2) is 15.1 Å². The van der Waals surface area contributed by atoms with Crippen molar-refractivity contribution in [3.05, 3.63) is 82.9 Å². The highest BCUT2D eigenvalue weighted by molar-refractivity contribution is 7.99. The second kappa shape index (κ2) is 7.76. The summed E-state index contributed by atoms with van der Waals surface area (Å²) in [6.07, 6.45) is 2.57. The predicted octanol–water partition coefficient (Wildman–Crippen LogP) is 5.05. The normalized spacial score (nSPS) is 11.8. The van der Waals surface area contributed by atoms with Crippen molar-refractivity contribution in [2.24, 2.45) is 0 Å². The average molecular weight is 353 g/mol. The lowest BCUT2D eigenvalue weighted by Crippen LogP contribution is -1.92. The zero-order chi connectivity index (χ0) is 17.6. The average Bonchev–Trinajstić information content (AvgIpc) is 3.10. The van der Waals surface area contributed by atoms with Crippen molar-refractivity contribution >= 4 is 17.4 Å². The lowest BCUT2D eigenvalue weighted by molar-refractivity contribution is -0.384. The third kappa shape index (κ3) is 3.95. The molecule has 1 unspecified atom stereocenters. The lowest BCUT2D eigenvalue weighted by atomic mass is 10.1. The van der Waals surface area contributed by atoms with Crippen LogP contribution in [0.4, 0.5) is 5.69 Å². The molecule has 0 aliphatic carbocycles. The first-order chi connectivity index (χ1) is 12.2. The van der Waals surface area contributed by atoms with Crippen LogP contribution in [0.5, 0.6) is 0 Å². The van der Waals surface area contributed by atoms with Gasteiger partial charge in [0.2, 0.25) is 0 Å². The summed E-state index contributed by atoms with van der Waals surface area (Å²) in [7, 11) is 0. The number of allylic oxidation sites excluding steroid dienone is 1. The van der Waals surface area contributed by atoms with Crippen molar-refractivity contribution in [3.8, 4) is 11.5 Å². The zero-order valence-corrected chi connectivity index (χ0v) is 14.1. The van der Waals surface area contributed by atoms with Gasteiger partial charge in [-0.05, 0) is 18.1 Å². The number of para-hydroxylation sites is 1. The predicted molar refractivity (Wildman–Crippen MR) is 96.2 cm³/mol. The Bertz CT molecular complexity index is 880. The molecule has 126 valence electrons. The molecule has 0 bridgehead atoms. The molecule has 0 fully saturated rings. The fraction of sp³-hybridized carbons (Fsp3) is 0.111. The van der Waals surface area contributed by atoms with Crippen LogP contribution in [0, 0.1) is 10.1 Å². The van der Waals surface area contributed by atoms with Crippen LogP contribution in [0.1, 0.15) is 17.2 Å². The highest BCUT2D eigenvalue weighted by Gasteiger charge is 2.21. The molecule has 6 nitrogen and oxygen atoms in total. The van der Waals surface area contributed by atoms with Crippen LogP contribution in [0.3, 0.4) is 0 Å². The molecule has 25 heavy (non-hydrogen) atoms. The van der Waals surface area contributed by atoms with Gasteiger partial charge < -0.3 is 4.42 Å². The van der Waals surface area contributed by atoms with Crippen molar-refractivity contribution in [1.29, 1.82) is 0 Å². The molecule has 1 atom stereocenters. The van der Waals surface area contributed by atoms with Gasteiger partial charge in [0.25, 0.3) is 16.8 Å². The number of rotatable bonds is 7. The second-order valence-corrected chi connectivity index (χ2v) is 6.34. The van der Waals surface area contributed by atoms with Crippen LogP contribution in [-0.2, 0) is 0 Å². The fourth-order valence-electron chi connectivity index (χ4n) is 2.37. The minimum Gasteiger partial charge on any atom is -0.411 e. The molecule has 3 aromatic rings. The van der Waals surface area contributed by atoms with Crippen LogP contribution < -0.4 is 0 Å². The molecule has 0 aliphatic rings. The van der Waals surface area contributed by atoms with Crippen LogP contribution >= 0.6 is 11.8 Å². The largest absolute Gasteiger partial charge is 0.411 e. The van der Waals surface area contributed by atoms with Gasteiger partial charge in [-0.15, -0.1) is 16.8 Å². The van der Waals surface area contributed by atoms with E-state index >= 15 is 0 Å². The van der Waals surface area contributed by atoms with Crippen molar-refractivity contribution < 1.29 is 9.34 Å². The Balaban J connectivity index is 1.86. The van der Waals surface area contributed by atoms with Gasteiger partial charge in [-0.2, -0.15) is 0 Å². The smallest absolute Gasteiger partial charge is 0.282 e. The van der Waals surface area contributed by atoms with Gasteiger partial charge in [0, 0.05) is 11.3 Å². The van der Waals surface area contributed by atoms with Gasteiger partial charge in [0.05, 0.1) is 4.92 Å². The van der Waals surface area contributed by atoms with E-state index in [0.29, 0.717) is 10.8 Å². The summed E-state index contributed by atoms with van der Waals surface area (Å²) in [4.78, 5) is 10.7. The first kappa shape index (κ1) is 16.9. The molecule has 7 heteroatoms. The summed E-state index contributed by atoms with van der Waals surface area (Å²) in [5, 5.41) is 19.6. The van der Waals surface area contributed by atoms with Crippen molar-refractivity contribution in [2.45, 2.75) is 16.9 Å². The third-order valence-electron chi connectivity index (χ3n) is 3.53. The number of nitro benzene ring substituents is 1. The van der Waals surface area contributed by atoms with Crippen LogP contribution in [0.2, 0.25) is 0 Å². The summed E-state index contributed by atoms with van der Waals surface area (Å²) in [5.41, 5.74) is 1.37. The van der Waals surface area contributed by atoms with Crippen LogP contribution in [0.25, 0.3) is 11.5 Å². The minimum absolute atomic E-state index is 0.0617. The highest BCUT2D eigenvalue weighted by atomic mass is 32.2. The molecule has 3 rings (SSSR count). The Kier molecular flexibility index (Phi) is 5.25. The second-order valence-electron chi connectivity index (χ2n) is 5.19. The van der Waals surface area contributed by atoms with Gasteiger partial charge in [-0.1, -0.05) is 60.3 Å². The molecule has 2 aromatic carbocycles. The number of hydrogen-bond donors (Lipinski definition) is 0. The van der Waals surface area contributed by atoms with E-state index in [1.54, 1.807) is 18.2 Å². The van der Waals surface area contributed by atoms with E-state index in [-0.39, 0.29) is 16.8 Å². The standard InChI is InChI=1S/C18H15N3O3S/c1-2-8-16(13-9-4-3-5-10-13)25-18-20-19-17(24-18)14-11-6-7-12-15(14)21(22)23/h2-7,9-12,16H,1,8H2. The molecule has 1 heterocycles. The van der Waals surface area contributed by atoms with Gasteiger partial charge in [-0.3, -0.25) is 10.1 Å². The molecular formula is C18H15N3O3S. The third-order valence-corrected chi connectivity index (χ3v) is 4.65. The molecular weight excluding hydrogens is 338 g/mol. The van der Waals surface area contributed by atoms with E-state index in [4.69, 9.17) is 4.42 Å². The maximum atomic E-state index is 11.1. The summed E-state index contributed by atoms with van der Waals surface area (Å²) in [6.45, 7) is 3.80. The quantitative estimate of drug-likeness (QED) is 0.256. The Labute approximate surface area is 148 Å². The Morgan fingerprint density at radius 3 is 2.60 bits per heavy atom. The molecule has 0 amide bonds. The summed E-state index contributed by atoms with van der Waals surface area (Å²) in [5.74, 6) is 0.139. The van der Waals surface area contributed by atoms with Crippen molar-refractivity contribution in [3.63, 3.8) is 0 Å². The SMILES string of the molecule is C=CCC(Sc1nnc(-c2ccccc2[N+](=O)[O-])o1)c1ccccc1. The molecule has 1 aromatic heterocycles. The van der Waals surface area contributed by atoms with Gasteiger partial charge >= 0.3 is 0 Å². The van der Waals surface area contributed by atoms with Crippen molar-refractivity contribution in [1.82, 2.24) is 10.2 Å². The Hall–Kier alpha value is -2.93. The summed E-state index contributed by atoms with van der Waals surface area (Å²) in [6, 6.07) is 16.3. The highest BCUT2D eigenvalue weighted by Crippen LogP contribution is 2.39. The van der Waals surface area contributed by atoms with Gasteiger partial charge in [0.15, 0.2) is 0 Å². The monoisotopic (exact) mass is 353 g/mol. The number of thioether (sulfide) groups is 1. The topological polar surface area (TPSA) is 82.1 Å². The summed E-state index contributed by atoms with van der Waals surface area (Å²) >= 11 is 1.41. The van der Waals surface area contributed by atoms with E-state index in [0.717, 1.165) is 12.0 Å². The number of benzene rings is 2. The molecule has 0 radical (unpaired) electrons.